The smallest absolute Gasteiger partial charge is 0.138 e. The van der Waals surface area contributed by atoms with Crippen molar-refractivity contribution in [3.8, 4) is 34.5 Å². The Labute approximate surface area is 144 Å². The maximum atomic E-state index is 9.33. The van der Waals surface area contributed by atoms with Crippen LogP contribution >= 0.6 is 0 Å². The fourth-order valence-electron chi connectivity index (χ4n) is 2.94. The quantitative estimate of drug-likeness (QED) is 0.549. The molecule has 0 spiro atoms. The molecule has 0 bridgehead atoms. The number of nitriles is 2. The van der Waals surface area contributed by atoms with Crippen LogP contribution in [-0.4, -0.2) is 9.38 Å². The molecule has 2 heterocycles. The molecule has 0 atom stereocenters. The van der Waals surface area contributed by atoms with E-state index in [4.69, 9.17) is 5.26 Å². The number of fused-ring (bicyclic) bond motifs is 1. The molecule has 0 saturated carbocycles. The molecule has 2 aromatic heterocycles. The molecule has 2 aromatic carbocycles. The number of pyridine rings is 1. The Hall–Kier alpha value is -3.89. The first kappa shape index (κ1) is 14.7. The van der Waals surface area contributed by atoms with Gasteiger partial charge < -0.3 is 0 Å². The van der Waals surface area contributed by atoms with Crippen LogP contribution in [0.25, 0.3) is 28.0 Å². The van der Waals surface area contributed by atoms with Gasteiger partial charge in [0.1, 0.15) is 5.65 Å². The van der Waals surface area contributed by atoms with Crippen molar-refractivity contribution in [3.63, 3.8) is 0 Å². The number of imidazole rings is 1. The van der Waals surface area contributed by atoms with Crippen LogP contribution in [0.5, 0.6) is 0 Å². The molecule has 0 aliphatic rings. The van der Waals surface area contributed by atoms with Crippen LogP contribution in [0.15, 0.2) is 73.1 Å². The zero-order valence-electron chi connectivity index (χ0n) is 13.2. The molecular weight excluding hydrogens is 308 g/mol. The third-order valence-electron chi connectivity index (χ3n) is 4.16. The van der Waals surface area contributed by atoms with Crippen molar-refractivity contribution in [2.45, 2.75) is 0 Å². The van der Waals surface area contributed by atoms with Gasteiger partial charge in [0, 0.05) is 11.8 Å². The summed E-state index contributed by atoms with van der Waals surface area (Å²) in [4.78, 5) is 4.40. The van der Waals surface area contributed by atoms with Crippen LogP contribution < -0.4 is 0 Å². The average Bonchev–Trinajstić information content (AvgIpc) is 3.11. The second-order valence-corrected chi connectivity index (χ2v) is 5.64. The number of nitrogens with zero attached hydrogens (tertiary/aromatic N) is 4. The van der Waals surface area contributed by atoms with E-state index in [0.29, 0.717) is 11.1 Å². The topological polar surface area (TPSA) is 64.9 Å². The minimum atomic E-state index is 0.585. The number of hydrogen-bond acceptors (Lipinski definition) is 3. The minimum Gasteiger partial charge on any atom is -0.300 e. The zero-order chi connectivity index (χ0) is 17.2. The van der Waals surface area contributed by atoms with E-state index in [1.165, 1.54) is 0 Å². The fraction of sp³-hybridized carbons (Fsp3) is 0. The molecule has 0 amide bonds. The van der Waals surface area contributed by atoms with Crippen LogP contribution in [0.3, 0.4) is 0 Å². The molecule has 25 heavy (non-hydrogen) atoms. The van der Waals surface area contributed by atoms with Gasteiger partial charge in [0.15, 0.2) is 0 Å². The largest absolute Gasteiger partial charge is 0.300 e. The molecule has 0 aliphatic carbocycles. The lowest BCUT2D eigenvalue weighted by atomic mass is 9.98. The van der Waals surface area contributed by atoms with Gasteiger partial charge in [0.25, 0.3) is 0 Å². The summed E-state index contributed by atoms with van der Waals surface area (Å²) in [6.45, 7) is 0. The summed E-state index contributed by atoms with van der Waals surface area (Å²) in [5.41, 5.74) is 5.80. The van der Waals surface area contributed by atoms with E-state index in [9.17, 15) is 5.26 Å². The second-order valence-electron chi connectivity index (χ2n) is 5.64. The van der Waals surface area contributed by atoms with E-state index in [1.807, 2.05) is 53.1 Å². The van der Waals surface area contributed by atoms with Gasteiger partial charge in [0.2, 0.25) is 0 Å². The Kier molecular flexibility index (Phi) is 3.50. The first-order chi connectivity index (χ1) is 12.3. The maximum absolute atomic E-state index is 9.33. The molecule has 0 saturated heterocycles. The Morgan fingerprint density at radius 3 is 2.52 bits per heavy atom. The Balaban J connectivity index is 1.86. The number of rotatable bonds is 2. The van der Waals surface area contributed by atoms with E-state index in [2.05, 4.69) is 23.2 Å². The fourth-order valence-corrected chi connectivity index (χ4v) is 2.94. The lowest BCUT2D eigenvalue weighted by Crippen LogP contribution is -1.90. The molecule has 116 valence electrons. The SMILES string of the molecule is N#Cc1ccn2c(-c3cccc(-c4ccccc4C#N)c3)cnc2c1. The molecule has 0 fully saturated rings. The highest BCUT2D eigenvalue weighted by atomic mass is 15.0. The van der Waals surface area contributed by atoms with Crippen molar-refractivity contribution in [1.29, 1.82) is 10.5 Å². The predicted octanol–water partition coefficient (Wildman–Crippen LogP) is 4.41. The Morgan fingerprint density at radius 1 is 0.840 bits per heavy atom. The van der Waals surface area contributed by atoms with Gasteiger partial charge in [-0.2, -0.15) is 10.5 Å². The van der Waals surface area contributed by atoms with Crippen molar-refractivity contribution >= 4 is 5.65 Å². The summed E-state index contributed by atoms with van der Waals surface area (Å²) in [7, 11) is 0. The van der Waals surface area contributed by atoms with Crippen LogP contribution in [0.2, 0.25) is 0 Å². The molecule has 4 aromatic rings. The van der Waals surface area contributed by atoms with Gasteiger partial charge in [-0.05, 0) is 35.4 Å². The summed E-state index contributed by atoms with van der Waals surface area (Å²) in [5, 5.41) is 18.4. The molecule has 4 rings (SSSR count). The summed E-state index contributed by atoms with van der Waals surface area (Å²) < 4.78 is 1.95. The van der Waals surface area contributed by atoms with E-state index < -0.39 is 0 Å². The standard InChI is InChI=1S/C21H12N4/c22-12-15-8-9-25-20(14-24-21(25)10-15)17-6-3-5-16(11-17)19-7-2-1-4-18(19)13-23/h1-11,14H. The normalized spacial score (nSPS) is 10.3. The van der Waals surface area contributed by atoms with Crippen molar-refractivity contribution in [3.05, 3.63) is 84.2 Å². The van der Waals surface area contributed by atoms with Gasteiger partial charge in [-0.1, -0.05) is 36.4 Å². The Morgan fingerprint density at radius 2 is 1.68 bits per heavy atom. The zero-order valence-corrected chi connectivity index (χ0v) is 13.2. The third kappa shape index (κ3) is 2.52. The predicted molar refractivity (Wildman–Crippen MR) is 95.5 cm³/mol. The molecular formula is C21H12N4. The van der Waals surface area contributed by atoms with E-state index in [0.717, 1.165) is 28.0 Å². The monoisotopic (exact) mass is 320 g/mol. The maximum Gasteiger partial charge on any atom is 0.138 e. The first-order valence-electron chi connectivity index (χ1n) is 7.77. The molecule has 4 nitrogen and oxygen atoms in total. The van der Waals surface area contributed by atoms with Gasteiger partial charge in [0.05, 0.1) is 35.2 Å². The average molecular weight is 320 g/mol. The van der Waals surface area contributed by atoms with Crippen LogP contribution in [0.4, 0.5) is 0 Å². The molecule has 0 N–H and O–H groups in total. The highest BCUT2D eigenvalue weighted by Gasteiger charge is 2.09. The van der Waals surface area contributed by atoms with Gasteiger partial charge in [-0.3, -0.25) is 4.40 Å². The molecule has 0 aliphatic heterocycles. The highest BCUT2D eigenvalue weighted by Crippen LogP contribution is 2.29. The van der Waals surface area contributed by atoms with Crippen molar-refractivity contribution < 1.29 is 0 Å². The van der Waals surface area contributed by atoms with Crippen molar-refractivity contribution in [1.82, 2.24) is 9.38 Å². The van der Waals surface area contributed by atoms with Crippen molar-refractivity contribution in [2.24, 2.45) is 0 Å². The van der Waals surface area contributed by atoms with Gasteiger partial charge >= 0.3 is 0 Å². The summed E-state index contributed by atoms with van der Waals surface area (Å²) in [6, 6.07) is 23.5. The Bertz CT molecular complexity index is 1170. The van der Waals surface area contributed by atoms with Crippen LogP contribution in [0.1, 0.15) is 11.1 Å². The van der Waals surface area contributed by atoms with Crippen molar-refractivity contribution in [2.75, 3.05) is 0 Å². The number of benzene rings is 2. The van der Waals surface area contributed by atoms with Gasteiger partial charge in [-0.25, -0.2) is 4.98 Å². The van der Waals surface area contributed by atoms with Gasteiger partial charge in [-0.15, -0.1) is 0 Å². The van der Waals surface area contributed by atoms with E-state index >= 15 is 0 Å². The number of aromatic nitrogens is 2. The molecule has 0 unspecified atom stereocenters. The second kappa shape index (κ2) is 5.96. The summed E-state index contributed by atoms with van der Waals surface area (Å²) >= 11 is 0. The number of hydrogen-bond donors (Lipinski definition) is 0. The van der Waals surface area contributed by atoms with Crippen LogP contribution in [-0.2, 0) is 0 Å². The minimum absolute atomic E-state index is 0.585. The third-order valence-corrected chi connectivity index (χ3v) is 4.16. The first-order valence-corrected chi connectivity index (χ1v) is 7.77. The van der Waals surface area contributed by atoms with Crippen LogP contribution in [0, 0.1) is 22.7 Å². The van der Waals surface area contributed by atoms with E-state index in [-0.39, 0.29) is 0 Å². The lowest BCUT2D eigenvalue weighted by molar-refractivity contribution is 1.18. The summed E-state index contributed by atoms with van der Waals surface area (Å²) in [6.07, 6.45) is 3.65. The molecule has 0 radical (unpaired) electrons. The highest BCUT2D eigenvalue weighted by molar-refractivity contribution is 5.76. The lowest BCUT2D eigenvalue weighted by Gasteiger charge is -2.07. The summed E-state index contributed by atoms with van der Waals surface area (Å²) in [5.74, 6) is 0. The molecule has 4 heteroatoms. The van der Waals surface area contributed by atoms with E-state index in [1.54, 1.807) is 18.3 Å².